The van der Waals surface area contributed by atoms with E-state index in [1.807, 2.05) is 107 Å². The van der Waals surface area contributed by atoms with E-state index in [-0.39, 0.29) is 11.5 Å². The fourth-order valence-corrected chi connectivity index (χ4v) is 9.13. The molecule has 4 heterocycles. The van der Waals surface area contributed by atoms with Crippen LogP contribution in [-0.2, 0) is 23.1 Å². The van der Waals surface area contributed by atoms with E-state index >= 15 is 0 Å². The molecule has 4 aromatic heterocycles. The molecular formula is C54H58N10O5S. The van der Waals surface area contributed by atoms with Crippen LogP contribution in [0.25, 0.3) is 44.8 Å². The Morgan fingerprint density at radius 1 is 0.514 bits per heavy atom. The number of rotatable bonds is 24. The van der Waals surface area contributed by atoms with E-state index in [4.69, 9.17) is 5.11 Å². The molecule has 8 aromatic rings. The first-order valence-corrected chi connectivity index (χ1v) is 25.2. The number of sulfonamides is 1. The van der Waals surface area contributed by atoms with Crippen molar-refractivity contribution in [1.29, 1.82) is 0 Å². The standard InChI is InChI=1S/C28H29N5O3.C26H29N5O2S/c34-27(25-11-5-4-10-24(25)21-12-14-22(15-13-21)28(35)36)30-17-6-2-1-3-7-18-33-20-26(31-32-33)23-9-8-16-29-19-23;32-34(33,26-16-8-7-15-24(26)22-12-5-4-6-13-22)28-18-9-2-1-3-10-19-31-21-25(29-30-31)23-14-11-17-27-20-23/h4-5,8-16,19-20H,1-3,6-7,17-18H2,(H,30,34)(H,35,36);4-8,11-17,20-21,28H,1-3,9-10,18-19H2. The second-order valence-electron chi connectivity index (χ2n) is 16.7. The Bertz CT molecular complexity index is 2970. The van der Waals surface area contributed by atoms with E-state index in [2.05, 4.69) is 40.6 Å². The highest BCUT2D eigenvalue weighted by Crippen LogP contribution is 2.27. The maximum atomic E-state index is 12.9. The maximum absolute atomic E-state index is 12.9. The molecule has 0 saturated heterocycles. The third kappa shape index (κ3) is 14.9. The fourth-order valence-electron chi connectivity index (χ4n) is 7.83. The summed E-state index contributed by atoms with van der Waals surface area (Å²) in [5.74, 6) is -1.09. The number of amides is 1. The van der Waals surface area contributed by atoms with Gasteiger partial charge in [-0.25, -0.2) is 17.9 Å². The van der Waals surface area contributed by atoms with Gasteiger partial charge in [-0.05, 0) is 90.9 Å². The van der Waals surface area contributed by atoms with Crippen LogP contribution in [0.3, 0.4) is 0 Å². The van der Waals surface area contributed by atoms with Crippen molar-refractivity contribution in [3.8, 4) is 44.8 Å². The van der Waals surface area contributed by atoms with Gasteiger partial charge in [-0.2, -0.15) is 0 Å². The van der Waals surface area contributed by atoms with Crippen molar-refractivity contribution in [3.63, 3.8) is 0 Å². The highest BCUT2D eigenvalue weighted by molar-refractivity contribution is 7.89. The summed E-state index contributed by atoms with van der Waals surface area (Å²) in [7, 11) is -3.57. The minimum Gasteiger partial charge on any atom is -0.478 e. The number of carboxylic acid groups (broad SMARTS) is 1. The van der Waals surface area contributed by atoms with Gasteiger partial charge in [0.2, 0.25) is 10.0 Å². The van der Waals surface area contributed by atoms with Gasteiger partial charge >= 0.3 is 5.97 Å². The molecule has 0 spiro atoms. The van der Waals surface area contributed by atoms with Crippen LogP contribution in [0.4, 0.5) is 0 Å². The molecule has 0 atom stereocenters. The molecule has 15 nitrogen and oxygen atoms in total. The first-order valence-electron chi connectivity index (χ1n) is 23.7. The van der Waals surface area contributed by atoms with E-state index in [0.717, 1.165) is 122 Å². The summed E-state index contributed by atoms with van der Waals surface area (Å²) in [6.07, 6.45) is 21.0. The number of carbonyl (C=O) groups is 2. The van der Waals surface area contributed by atoms with Crippen molar-refractivity contribution in [1.82, 2.24) is 50.0 Å². The minimum absolute atomic E-state index is 0.122. The summed E-state index contributed by atoms with van der Waals surface area (Å²) >= 11 is 0. The topological polar surface area (TPSA) is 200 Å². The molecule has 0 aliphatic carbocycles. The van der Waals surface area contributed by atoms with Gasteiger partial charge in [0.15, 0.2) is 0 Å². The van der Waals surface area contributed by atoms with Crippen molar-refractivity contribution in [2.75, 3.05) is 13.1 Å². The fraction of sp³-hybridized carbons (Fsp3) is 0.259. The van der Waals surface area contributed by atoms with Gasteiger partial charge in [-0.15, -0.1) is 10.2 Å². The number of benzene rings is 4. The Hall–Kier alpha value is -7.69. The number of hydrogen-bond donors (Lipinski definition) is 3. The summed E-state index contributed by atoms with van der Waals surface area (Å²) in [5, 5.41) is 28.9. The Morgan fingerprint density at radius 2 is 1.01 bits per heavy atom. The SMILES string of the molecule is O=C(O)c1ccc(-c2ccccc2C(=O)NCCCCCCCn2cc(-c3cccnc3)nn2)cc1.O=S(=O)(NCCCCCCCn1cc(-c2cccnc2)nn1)c1ccccc1-c1ccccc1. The monoisotopic (exact) mass is 958 g/mol. The van der Waals surface area contributed by atoms with Gasteiger partial charge in [-0.3, -0.25) is 24.1 Å². The van der Waals surface area contributed by atoms with Gasteiger partial charge < -0.3 is 10.4 Å². The zero-order valence-corrected chi connectivity index (χ0v) is 39.9. The van der Waals surface area contributed by atoms with Crippen molar-refractivity contribution in [2.24, 2.45) is 0 Å². The van der Waals surface area contributed by atoms with Gasteiger partial charge in [0.25, 0.3) is 5.91 Å². The Morgan fingerprint density at radius 3 is 1.60 bits per heavy atom. The minimum atomic E-state index is -3.57. The zero-order chi connectivity index (χ0) is 48.8. The number of carboxylic acids is 1. The second kappa shape index (κ2) is 26.2. The Labute approximate surface area is 409 Å². The molecule has 0 unspecified atom stereocenters. The quantitative estimate of drug-likeness (QED) is 0.0487. The number of nitrogens with one attached hydrogen (secondary N) is 2. The van der Waals surface area contributed by atoms with Crippen LogP contribution in [0.1, 0.15) is 84.9 Å². The molecule has 0 aliphatic heterocycles. The maximum Gasteiger partial charge on any atom is 0.335 e. The van der Waals surface area contributed by atoms with E-state index in [9.17, 15) is 18.0 Å². The van der Waals surface area contributed by atoms with E-state index < -0.39 is 16.0 Å². The van der Waals surface area contributed by atoms with Crippen LogP contribution in [-0.4, -0.2) is 78.4 Å². The first kappa shape index (κ1) is 50.2. The lowest BCUT2D eigenvalue weighted by Gasteiger charge is -2.12. The Balaban J connectivity index is 0.000000207. The summed E-state index contributed by atoms with van der Waals surface area (Å²) in [5.41, 5.74) is 7.59. The van der Waals surface area contributed by atoms with Gasteiger partial charge in [0.05, 0.1) is 22.9 Å². The van der Waals surface area contributed by atoms with Crippen molar-refractivity contribution < 1.29 is 23.1 Å². The van der Waals surface area contributed by atoms with Crippen molar-refractivity contribution in [3.05, 3.63) is 176 Å². The predicted molar refractivity (Wildman–Crippen MR) is 271 cm³/mol. The molecule has 4 aromatic carbocycles. The third-order valence-corrected chi connectivity index (χ3v) is 13.1. The highest BCUT2D eigenvalue weighted by Gasteiger charge is 2.19. The number of carbonyl (C=O) groups excluding carboxylic acids is 1. The largest absolute Gasteiger partial charge is 0.478 e. The number of pyridine rings is 2. The zero-order valence-electron chi connectivity index (χ0n) is 39.1. The molecule has 0 bridgehead atoms. The van der Waals surface area contributed by atoms with E-state index in [0.29, 0.717) is 23.5 Å². The summed E-state index contributed by atoms with van der Waals surface area (Å²) in [6, 6.07) is 38.4. The van der Waals surface area contributed by atoms with E-state index in [1.54, 1.807) is 67.3 Å². The molecule has 70 heavy (non-hydrogen) atoms. The third-order valence-electron chi connectivity index (χ3n) is 11.6. The van der Waals surface area contributed by atoms with Crippen molar-refractivity contribution >= 4 is 21.9 Å². The summed E-state index contributed by atoms with van der Waals surface area (Å²) < 4.78 is 32.3. The van der Waals surface area contributed by atoms with Crippen LogP contribution >= 0.6 is 0 Å². The van der Waals surface area contributed by atoms with Crippen LogP contribution in [0.15, 0.2) is 169 Å². The lowest BCUT2D eigenvalue weighted by Crippen LogP contribution is -2.25. The van der Waals surface area contributed by atoms with Gasteiger partial charge in [-0.1, -0.05) is 128 Å². The second-order valence-corrected chi connectivity index (χ2v) is 18.4. The molecule has 16 heteroatoms. The van der Waals surface area contributed by atoms with Crippen LogP contribution in [0, 0.1) is 0 Å². The lowest BCUT2D eigenvalue weighted by atomic mass is 9.98. The van der Waals surface area contributed by atoms with Crippen LogP contribution in [0.5, 0.6) is 0 Å². The molecule has 0 aliphatic rings. The van der Waals surface area contributed by atoms with E-state index in [1.165, 1.54) is 0 Å². The molecular weight excluding hydrogens is 901 g/mol. The predicted octanol–water partition coefficient (Wildman–Crippen LogP) is 10.0. The average Bonchev–Trinajstić information content (AvgIpc) is 4.09. The summed E-state index contributed by atoms with van der Waals surface area (Å²) in [6.45, 7) is 2.69. The van der Waals surface area contributed by atoms with Gasteiger partial charge in [0, 0.05) is 73.2 Å². The molecule has 0 radical (unpaired) electrons. The van der Waals surface area contributed by atoms with Gasteiger partial charge in [0.1, 0.15) is 11.4 Å². The molecule has 3 N–H and O–H groups in total. The smallest absolute Gasteiger partial charge is 0.335 e. The van der Waals surface area contributed by atoms with Crippen molar-refractivity contribution in [2.45, 2.75) is 82.2 Å². The number of aryl methyl sites for hydroxylation is 2. The molecule has 8 rings (SSSR count). The lowest BCUT2D eigenvalue weighted by molar-refractivity contribution is 0.0696. The van der Waals surface area contributed by atoms with Crippen LogP contribution < -0.4 is 10.0 Å². The summed E-state index contributed by atoms with van der Waals surface area (Å²) in [4.78, 5) is 32.4. The number of aromatic nitrogens is 8. The number of nitrogens with zero attached hydrogens (tertiary/aromatic N) is 8. The van der Waals surface area contributed by atoms with Crippen LogP contribution in [0.2, 0.25) is 0 Å². The number of aromatic carboxylic acids is 1. The molecule has 360 valence electrons. The normalized spacial score (nSPS) is 11.1. The number of unbranched alkanes of at least 4 members (excludes halogenated alkanes) is 8. The number of hydrogen-bond acceptors (Lipinski definition) is 10. The molecule has 0 saturated carbocycles. The first-order chi connectivity index (χ1) is 34.2. The molecule has 1 amide bonds. The highest BCUT2D eigenvalue weighted by atomic mass is 32.2. The molecule has 0 fully saturated rings. The average molecular weight is 959 g/mol. The Kier molecular flexibility index (Phi) is 18.8.